The number of carboxylic acid groups (broad SMARTS) is 2. The molecule has 9 heteroatoms. The van der Waals surface area contributed by atoms with Crippen molar-refractivity contribution in [2.45, 2.75) is 51.1 Å². The number of aryl methyl sites for hydroxylation is 1. The first-order valence-electron chi connectivity index (χ1n) is 11.2. The summed E-state index contributed by atoms with van der Waals surface area (Å²) < 4.78 is 37.6. The van der Waals surface area contributed by atoms with E-state index in [1.165, 1.54) is 30.4 Å². The molecule has 34 heavy (non-hydrogen) atoms. The molecule has 0 saturated heterocycles. The number of hydrogen-bond donors (Lipinski definition) is 3. The first-order valence-corrected chi connectivity index (χ1v) is 11.2. The Hall–Kier alpha value is -3.07. The number of unbranched alkanes of at least 4 members (excludes halogenated alkanes) is 3. The maximum Gasteiger partial charge on any atom is 0.490 e. The number of carboxylic acids is 2. The second-order valence-electron chi connectivity index (χ2n) is 7.59. The zero-order chi connectivity index (χ0) is 25.2. The fraction of sp³-hybridized carbons (Fsp3) is 0.440. The van der Waals surface area contributed by atoms with Crippen molar-refractivity contribution in [1.29, 1.82) is 0 Å². The first kappa shape index (κ1) is 29.0. The van der Waals surface area contributed by atoms with Crippen molar-refractivity contribution in [1.82, 2.24) is 5.32 Å². The average molecular weight is 484 g/mol. The third kappa shape index (κ3) is 14.9. The van der Waals surface area contributed by atoms with E-state index >= 15 is 0 Å². The van der Waals surface area contributed by atoms with Gasteiger partial charge in [-0.05, 0) is 55.5 Å². The minimum atomic E-state index is -5.08. The van der Waals surface area contributed by atoms with E-state index in [9.17, 15) is 18.0 Å². The predicted molar refractivity (Wildman–Crippen MR) is 123 cm³/mol. The number of ether oxygens (including phenoxy) is 1. The summed E-state index contributed by atoms with van der Waals surface area (Å²) in [5.74, 6) is -2.60. The Labute approximate surface area is 197 Å². The number of aliphatic carboxylic acids is 2. The smallest absolute Gasteiger partial charge is 0.490 e. The SMILES string of the molecule is O=C(O)C(F)(F)F.O=C(O)CCNCCc1ccc(OCCCCCCc2ccccc2)cc1. The molecule has 3 N–H and O–H groups in total. The van der Waals surface area contributed by atoms with Gasteiger partial charge in [-0.1, -0.05) is 55.3 Å². The summed E-state index contributed by atoms with van der Waals surface area (Å²) in [4.78, 5) is 19.3. The Bertz CT molecular complexity index is 827. The molecule has 0 aliphatic carbocycles. The van der Waals surface area contributed by atoms with Gasteiger partial charge in [0, 0.05) is 6.54 Å². The van der Waals surface area contributed by atoms with Crippen molar-refractivity contribution < 1.29 is 37.7 Å². The second-order valence-corrected chi connectivity index (χ2v) is 7.59. The van der Waals surface area contributed by atoms with E-state index in [4.69, 9.17) is 19.7 Å². The van der Waals surface area contributed by atoms with E-state index in [1.807, 2.05) is 12.1 Å². The molecule has 0 heterocycles. The topological polar surface area (TPSA) is 95.9 Å². The maximum absolute atomic E-state index is 10.6. The van der Waals surface area contributed by atoms with Crippen molar-refractivity contribution in [3.63, 3.8) is 0 Å². The highest BCUT2D eigenvalue weighted by Crippen LogP contribution is 2.14. The Morgan fingerprint density at radius 3 is 1.97 bits per heavy atom. The molecule has 0 amide bonds. The normalized spacial score (nSPS) is 10.8. The van der Waals surface area contributed by atoms with Gasteiger partial charge in [0.05, 0.1) is 13.0 Å². The van der Waals surface area contributed by atoms with Crippen LogP contribution >= 0.6 is 0 Å². The molecule has 0 aliphatic heterocycles. The van der Waals surface area contributed by atoms with Crippen LogP contribution in [-0.2, 0) is 22.4 Å². The van der Waals surface area contributed by atoms with Crippen molar-refractivity contribution in [2.24, 2.45) is 0 Å². The van der Waals surface area contributed by atoms with Gasteiger partial charge in [0.2, 0.25) is 0 Å². The van der Waals surface area contributed by atoms with Crippen LogP contribution in [0.15, 0.2) is 54.6 Å². The largest absolute Gasteiger partial charge is 0.494 e. The number of alkyl halides is 3. The standard InChI is InChI=1S/C23H31NO3.C2HF3O2/c25-23(26)16-18-24-17-15-21-11-13-22(14-12-21)27-19-7-2-1-4-8-20-9-5-3-6-10-20;3-2(4,5)1(6)7/h3,5-6,9-14,24H,1-2,4,7-8,15-19H2,(H,25,26);(H,6,7). The van der Waals surface area contributed by atoms with E-state index in [1.54, 1.807) is 0 Å². The molecule has 0 aliphatic rings. The second kappa shape index (κ2) is 16.5. The van der Waals surface area contributed by atoms with Gasteiger partial charge in [-0.2, -0.15) is 13.2 Å². The molecule has 2 aromatic rings. The number of benzene rings is 2. The molecule has 0 unspecified atom stereocenters. The predicted octanol–water partition coefficient (Wildman–Crippen LogP) is 5.11. The third-order valence-electron chi connectivity index (χ3n) is 4.74. The highest BCUT2D eigenvalue weighted by molar-refractivity contribution is 5.73. The van der Waals surface area contributed by atoms with Crippen LogP contribution in [-0.4, -0.2) is 48.0 Å². The van der Waals surface area contributed by atoms with Crippen LogP contribution in [0.25, 0.3) is 0 Å². The highest BCUT2D eigenvalue weighted by atomic mass is 19.4. The molecule has 0 radical (unpaired) electrons. The van der Waals surface area contributed by atoms with Gasteiger partial charge < -0.3 is 20.3 Å². The average Bonchev–Trinajstić information content (AvgIpc) is 2.79. The van der Waals surface area contributed by atoms with Crippen LogP contribution in [0.4, 0.5) is 13.2 Å². The Balaban J connectivity index is 0.000000718. The zero-order valence-corrected chi connectivity index (χ0v) is 19.0. The molecule has 0 aromatic heterocycles. The van der Waals surface area contributed by atoms with Crippen LogP contribution in [0.1, 0.15) is 43.2 Å². The third-order valence-corrected chi connectivity index (χ3v) is 4.74. The number of halogens is 3. The van der Waals surface area contributed by atoms with Crippen LogP contribution < -0.4 is 10.1 Å². The minimum Gasteiger partial charge on any atom is -0.494 e. The number of rotatable bonds is 14. The van der Waals surface area contributed by atoms with Crippen molar-refractivity contribution in [2.75, 3.05) is 19.7 Å². The summed E-state index contributed by atoms with van der Waals surface area (Å²) >= 11 is 0. The molecule has 0 saturated carbocycles. The first-order chi connectivity index (χ1) is 16.2. The number of nitrogens with one attached hydrogen (secondary N) is 1. The summed E-state index contributed by atoms with van der Waals surface area (Å²) in [7, 11) is 0. The summed E-state index contributed by atoms with van der Waals surface area (Å²) in [6, 6.07) is 18.8. The molecule has 188 valence electrons. The van der Waals surface area contributed by atoms with E-state index < -0.39 is 18.1 Å². The lowest BCUT2D eigenvalue weighted by Crippen LogP contribution is -2.21. The molecule has 2 rings (SSSR count). The van der Waals surface area contributed by atoms with Crippen molar-refractivity contribution >= 4 is 11.9 Å². The molecule has 0 atom stereocenters. The summed E-state index contributed by atoms with van der Waals surface area (Å²) in [5, 5.41) is 18.8. The van der Waals surface area contributed by atoms with Crippen molar-refractivity contribution in [3.8, 4) is 5.75 Å². The molecule has 0 spiro atoms. The van der Waals surface area contributed by atoms with Crippen LogP contribution in [0.3, 0.4) is 0 Å². The Morgan fingerprint density at radius 1 is 0.794 bits per heavy atom. The van der Waals surface area contributed by atoms with E-state index in [0.717, 1.165) is 38.2 Å². The molecular formula is C25H32F3NO5. The summed E-state index contributed by atoms with van der Waals surface area (Å²) in [6.45, 7) is 2.07. The van der Waals surface area contributed by atoms with Crippen molar-refractivity contribution in [3.05, 3.63) is 65.7 Å². The van der Waals surface area contributed by atoms with E-state index in [0.29, 0.717) is 6.54 Å². The molecule has 0 fully saturated rings. The molecule has 2 aromatic carbocycles. The van der Waals surface area contributed by atoms with Gasteiger partial charge in [-0.15, -0.1) is 0 Å². The monoisotopic (exact) mass is 483 g/mol. The number of carbonyl (C=O) groups is 2. The van der Waals surface area contributed by atoms with Crippen LogP contribution in [0, 0.1) is 0 Å². The lowest BCUT2D eigenvalue weighted by atomic mass is 10.1. The molecular weight excluding hydrogens is 451 g/mol. The molecule has 0 bridgehead atoms. The van der Waals surface area contributed by atoms with E-state index in [2.05, 4.69) is 47.8 Å². The lowest BCUT2D eigenvalue weighted by Gasteiger charge is -2.08. The summed E-state index contributed by atoms with van der Waals surface area (Å²) in [6.07, 6.45) is 1.90. The molecule has 6 nitrogen and oxygen atoms in total. The fourth-order valence-electron chi connectivity index (χ4n) is 2.92. The summed E-state index contributed by atoms with van der Waals surface area (Å²) in [5.41, 5.74) is 2.65. The van der Waals surface area contributed by atoms with Crippen LogP contribution in [0.5, 0.6) is 5.75 Å². The van der Waals surface area contributed by atoms with Crippen LogP contribution in [0.2, 0.25) is 0 Å². The lowest BCUT2D eigenvalue weighted by molar-refractivity contribution is -0.192. The fourth-order valence-corrected chi connectivity index (χ4v) is 2.92. The van der Waals surface area contributed by atoms with Gasteiger partial charge in [0.15, 0.2) is 0 Å². The minimum absolute atomic E-state index is 0.166. The van der Waals surface area contributed by atoms with Gasteiger partial charge >= 0.3 is 18.1 Å². The zero-order valence-electron chi connectivity index (χ0n) is 19.0. The van der Waals surface area contributed by atoms with Gasteiger partial charge in [-0.3, -0.25) is 4.79 Å². The van der Waals surface area contributed by atoms with Gasteiger partial charge in [0.1, 0.15) is 5.75 Å². The van der Waals surface area contributed by atoms with Gasteiger partial charge in [-0.25, -0.2) is 4.79 Å². The maximum atomic E-state index is 10.6. The highest BCUT2D eigenvalue weighted by Gasteiger charge is 2.38. The van der Waals surface area contributed by atoms with Gasteiger partial charge in [0.25, 0.3) is 0 Å². The Morgan fingerprint density at radius 2 is 1.38 bits per heavy atom. The number of hydrogen-bond acceptors (Lipinski definition) is 4. The quantitative estimate of drug-likeness (QED) is 0.323. The van der Waals surface area contributed by atoms with E-state index in [-0.39, 0.29) is 6.42 Å². The Kier molecular flexibility index (Phi) is 14.1.